The van der Waals surface area contributed by atoms with Crippen molar-refractivity contribution in [2.75, 3.05) is 0 Å². The third-order valence-electron chi connectivity index (χ3n) is 3.27. The summed E-state index contributed by atoms with van der Waals surface area (Å²) in [7, 11) is 0. The normalized spacial score (nSPS) is 13.0. The summed E-state index contributed by atoms with van der Waals surface area (Å²) in [5, 5.41) is 5.52. The van der Waals surface area contributed by atoms with Crippen LogP contribution in [0.1, 0.15) is 35.9 Å². The third-order valence-corrected chi connectivity index (χ3v) is 3.27. The van der Waals surface area contributed by atoms with E-state index in [1.54, 1.807) is 37.4 Å². The molecule has 1 aromatic carbocycles. The molecule has 114 valence electrons. The van der Waals surface area contributed by atoms with Crippen molar-refractivity contribution in [3.8, 4) is 0 Å². The molecule has 0 saturated carbocycles. The van der Waals surface area contributed by atoms with Crippen molar-refractivity contribution < 1.29 is 9.59 Å². The second-order valence-electron chi connectivity index (χ2n) is 5.05. The largest absolute Gasteiger partial charge is 0.346 e. The first kappa shape index (κ1) is 15.7. The zero-order chi connectivity index (χ0) is 15.9. The number of rotatable bonds is 5. The number of nitrogens with one attached hydrogen (secondary N) is 2. The van der Waals surface area contributed by atoms with E-state index in [-0.39, 0.29) is 17.9 Å². The maximum absolute atomic E-state index is 12.1. The summed E-state index contributed by atoms with van der Waals surface area (Å²) in [6, 6.07) is 13.5. The van der Waals surface area contributed by atoms with Gasteiger partial charge in [-0.25, -0.2) is 0 Å². The van der Waals surface area contributed by atoms with Gasteiger partial charge in [0.25, 0.3) is 5.91 Å². The van der Waals surface area contributed by atoms with E-state index in [9.17, 15) is 9.59 Å². The number of amides is 2. The maximum atomic E-state index is 12.1. The highest BCUT2D eigenvalue weighted by Crippen LogP contribution is 2.08. The predicted octanol–water partition coefficient (Wildman–Crippen LogP) is 2.08. The monoisotopic (exact) mass is 297 g/mol. The summed E-state index contributed by atoms with van der Waals surface area (Å²) in [5.74, 6) is -0.517. The van der Waals surface area contributed by atoms with Gasteiger partial charge in [-0.2, -0.15) is 0 Å². The first-order valence-corrected chi connectivity index (χ1v) is 7.15. The molecule has 0 fully saturated rings. The minimum atomic E-state index is -0.626. The minimum Gasteiger partial charge on any atom is -0.346 e. The van der Waals surface area contributed by atoms with Gasteiger partial charge in [0.05, 0.1) is 11.7 Å². The molecular formula is C17H19N3O2. The molecule has 1 heterocycles. The van der Waals surface area contributed by atoms with Gasteiger partial charge in [-0.3, -0.25) is 14.6 Å². The van der Waals surface area contributed by atoms with Crippen LogP contribution in [0.3, 0.4) is 0 Å². The molecule has 5 nitrogen and oxygen atoms in total. The van der Waals surface area contributed by atoms with Crippen LogP contribution in [0, 0.1) is 0 Å². The second kappa shape index (κ2) is 7.36. The van der Waals surface area contributed by atoms with Gasteiger partial charge in [0, 0.05) is 11.8 Å². The van der Waals surface area contributed by atoms with Crippen molar-refractivity contribution in [2.45, 2.75) is 25.9 Å². The van der Waals surface area contributed by atoms with Crippen molar-refractivity contribution in [1.82, 2.24) is 15.6 Å². The van der Waals surface area contributed by atoms with E-state index >= 15 is 0 Å². The Morgan fingerprint density at radius 2 is 1.64 bits per heavy atom. The van der Waals surface area contributed by atoms with Crippen molar-refractivity contribution >= 4 is 11.8 Å². The zero-order valence-electron chi connectivity index (χ0n) is 12.6. The number of carbonyl (C=O) groups is 2. The highest BCUT2D eigenvalue weighted by Gasteiger charge is 2.19. The SMILES string of the molecule is CC(NC(=O)c1ccccc1)C(=O)NC(C)c1ccccn1. The molecule has 2 atom stereocenters. The molecule has 0 spiro atoms. The highest BCUT2D eigenvalue weighted by atomic mass is 16.2. The second-order valence-corrected chi connectivity index (χ2v) is 5.05. The lowest BCUT2D eigenvalue weighted by Gasteiger charge is -2.18. The van der Waals surface area contributed by atoms with Gasteiger partial charge in [0.15, 0.2) is 0 Å². The van der Waals surface area contributed by atoms with Gasteiger partial charge in [-0.05, 0) is 38.1 Å². The standard InChI is InChI=1S/C17H19N3O2/c1-12(15-10-6-7-11-18-15)19-16(21)13(2)20-17(22)14-8-4-3-5-9-14/h3-13H,1-2H3,(H,19,21)(H,20,22). The number of pyridine rings is 1. The van der Waals surface area contributed by atoms with Crippen LogP contribution in [-0.4, -0.2) is 22.8 Å². The number of benzene rings is 1. The smallest absolute Gasteiger partial charge is 0.251 e. The summed E-state index contributed by atoms with van der Waals surface area (Å²) >= 11 is 0. The van der Waals surface area contributed by atoms with Crippen molar-refractivity contribution in [1.29, 1.82) is 0 Å². The van der Waals surface area contributed by atoms with E-state index in [1.807, 2.05) is 31.2 Å². The van der Waals surface area contributed by atoms with Crippen LogP contribution in [0.25, 0.3) is 0 Å². The Hall–Kier alpha value is -2.69. The fraction of sp³-hybridized carbons (Fsp3) is 0.235. The number of nitrogens with zero attached hydrogens (tertiary/aromatic N) is 1. The lowest BCUT2D eigenvalue weighted by atomic mass is 10.1. The molecule has 0 aliphatic rings. The van der Waals surface area contributed by atoms with Gasteiger partial charge in [0.2, 0.25) is 5.91 Å². The van der Waals surface area contributed by atoms with E-state index in [2.05, 4.69) is 15.6 Å². The minimum absolute atomic E-state index is 0.218. The predicted molar refractivity (Wildman–Crippen MR) is 84.2 cm³/mol. The number of aromatic nitrogens is 1. The van der Waals surface area contributed by atoms with Gasteiger partial charge in [-0.1, -0.05) is 24.3 Å². The fourth-order valence-corrected chi connectivity index (χ4v) is 1.98. The van der Waals surface area contributed by atoms with E-state index in [0.29, 0.717) is 5.56 Å². The third kappa shape index (κ3) is 4.15. The van der Waals surface area contributed by atoms with Crippen LogP contribution in [0.2, 0.25) is 0 Å². The van der Waals surface area contributed by atoms with Crippen LogP contribution < -0.4 is 10.6 Å². The van der Waals surface area contributed by atoms with Crippen molar-refractivity contribution in [3.63, 3.8) is 0 Å². The first-order valence-electron chi connectivity index (χ1n) is 7.15. The molecular weight excluding hydrogens is 278 g/mol. The van der Waals surface area contributed by atoms with Crippen molar-refractivity contribution in [2.24, 2.45) is 0 Å². The molecule has 0 aliphatic heterocycles. The van der Waals surface area contributed by atoms with Gasteiger partial charge < -0.3 is 10.6 Å². The first-order chi connectivity index (χ1) is 10.6. The van der Waals surface area contributed by atoms with E-state index < -0.39 is 6.04 Å². The topological polar surface area (TPSA) is 71.1 Å². The molecule has 0 radical (unpaired) electrons. The number of hydrogen-bond acceptors (Lipinski definition) is 3. The Bertz CT molecular complexity index is 629. The lowest BCUT2D eigenvalue weighted by Crippen LogP contribution is -2.45. The quantitative estimate of drug-likeness (QED) is 0.887. The summed E-state index contributed by atoms with van der Waals surface area (Å²) in [5.41, 5.74) is 1.30. The Morgan fingerprint density at radius 3 is 2.27 bits per heavy atom. The average Bonchev–Trinajstić information content (AvgIpc) is 2.56. The Morgan fingerprint density at radius 1 is 0.955 bits per heavy atom. The molecule has 0 saturated heterocycles. The summed E-state index contributed by atoms with van der Waals surface area (Å²) in [6.07, 6.45) is 1.68. The average molecular weight is 297 g/mol. The molecule has 0 bridgehead atoms. The van der Waals surface area contributed by atoms with E-state index in [0.717, 1.165) is 5.69 Å². The van der Waals surface area contributed by atoms with E-state index in [4.69, 9.17) is 0 Å². The zero-order valence-corrected chi connectivity index (χ0v) is 12.6. The van der Waals surface area contributed by atoms with Gasteiger partial charge in [0.1, 0.15) is 6.04 Å². The Kier molecular flexibility index (Phi) is 5.25. The van der Waals surface area contributed by atoms with Crippen LogP contribution in [0.4, 0.5) is 0 Å². The summed E-state index contributed by atoms with van der Waals surface area (Å²) in [4.78, 5) is 28.3. The molecule has 1 aromatic heterocycles. The summed E-state index contributed by atoms with van der Waals surface area (Å²) < 4.78 is 0. The molecule has 5 heteroatoms. The van der Waals surface area contributed by atoms with Gasteiger partial charge in [-0.15, -0.1) is 0 Å². The Balaban J connectivity index is 1.91. The lowest BCUT2D eigenvalue weighted by molar-refractivity contribution is -0.123. The fourth-order valence-electron chi connectivity index (χ4n) is 1.98. The maximum Gasteiger partial charge on any atom is 0.251 e. The number of hydrogen-bond donors (Lipinski definition) is 2. The molecule has 22 heavy (non-hydrogen) atoms. The molecule has 0 aliphatic carbocycles. The van der Waals surface area contributed by atoms with Crippen molar-refractivity contribution in [3.05, 3.63) is 66.0 Å². The van der Waals surface area contributed by atoms with E-state index in [1.165, 1.54) is 0 Å². The molecule has 2 rings (SSSR count). The summed E-state index contributed by atoms with van der Waals surface area (Å²) in [6.45, 7) is 3.51. The molecule has 2 unspecified atom stereocenters. The van der Waals surface area contributed by atoms with Crippen LogP contribution >= 0.6 is 0 Å². The Labute approximate surface area is 129 Å². The number of carbonyl (C=O) groups excluding carboxylic acids is 2. The highest BCUT2D eigenvalue weighted by molar-refractivity contribution is 5.97. The van der Waals surface area contributed by atoms with Crippen LogP contribution in [-0.2, 0) is 4.79 Å². The van der Waals surface area contributed by atoms with Crippen LogP contribution in [0.5, 0.6) is 0 Å². The molecule has 2 N–H and O–H groups in total. The van der Waals surface area contributed by atoms with Crippen LogP contribution in [0.15, 0.2) is 54.7 Å². The van der Waals surface area contributed by atoms with Gasteiger partial charge >= 0.3 is 0 Å². The molecule has 2 aromatic rings. The molecule has 2 amide bonds.